The van der Waals surface area contributed by atoms with Crippen molar-refractivity contribution in [2.45, 2.75) is 103 Å². The van der Waals surface area contributed by atoms with Gasteiger partial charge in [0, 0.05) is 18.3 Å². The number of halogens is 1. The Morgan fingerprint density at radius 2 is 1.46 bits per heavy atom. The number of nitrogens with one attached hydrogen (secondary N) is 1. The number of nitrogens with zero attached hydrogens (tertiary/aromatic N) is 1. The first-order valence-corrected chi connectivity index (χ1v) is 16.5. The van der Waals surface area contributed by atoms with Gasteiger partial charge >= 0.3 is 0 Å². The Balaban J connectivity index is 0.00000588. The number of carbonyl (C=O) groups excluding carboxylic acids is 1. The number of rotatable bonds is 21. The molecule has 1 N–H and O–H groups in total. The van der Waals surface area contributed by atoms with E-state index in [-0.39, 0.29) is 22.9 Å². The van der Waals surface area contributed by atoms with E-state index in [0.29, 0.717) is 29.4 Å². The Labute approximate surface area is 263 Å². The third-order valence-electron chi connectivity index (χ3n) is 7.40. The van der Waals surface area contributed by atoms with Gasteiger partial charge in [0.25, 0.3) is 5.91 Å². The third kappa shape index (κ3) is 13.6. The monoisotopic (exact) mass is 646 g/mol. The van der Waals surface area contributed by atoms with E-state index >= 15 is 0 Å². The average Bonchev–Trinajstić information content (AvgIpc) is 3.49. The zero-order chi connectivity index (χ0) is 28.3. The van der Waals surface area contributed by atoms with Crippen LogP contribution in [0.4, 0.5) is 5.69 Å². The molecule has 2 aromatic carbocycles. The summed E-state index contributed by atoms with van der Waals surface area (Å²) in [7, 11) is 1.63. The summed E-state index contributed by atoms with van der Waals surface area (Å²) in [5.41, 5.74) is 2.44. The van der Waals surface area contributed by atoms with Crippen molar-refractivity contribution < 1.29 is 14.3 Å². The molecule has 3 rings (SSSR count). The van der Waals surface area contributed by atoms with Crippen LogP contribution in [0.1, 0.15) is 113 Å². The molecule has 0 bridgehead atoms. The first-order chi connectivity index (χ1) is 19.7. The first-order valence-electron chi connectivity index (χ1n) is 15.4. The molecule has 0 atom stereocenters. The summed E-state index contributed by atoms with van der Waals surface area (Å²) in [4.78, 5) is 15.2. The number of unbranched alkanes of at least 4 members (excludes halogenated alkanes) is 13. The maximum absolute atomic E-state index is 13.0. The summed E-state index contributed by atoms with van der Waals surface area (Å²) in [6.07, 6.45) is 20.7. The first kappa shape index (κ1) is 35.1. The summed E-state index contributed by atoms with van der Waals surface area (Å²) >= 11 is 1.79. The van der Waals surface area contributed by atoms with E-state index in [1.165, 1.54) is 82.6 Å². The summed E-state index contributed by atoms with van der Waals surface area (Å²) in [5, 5.41) is 5.13. The fourth-order valence-corrected chi connectivity index (χ4v) is 5.71. The smallest absolute Gasteiger partial charge is 0.255 e. The number of hydrogen-bond donors (Lipinski definition) is 1. The summed E-state index contributed by atoms with van der Waals surface area (Å²) < 4.78 is 11.7. The van der Waals surface area contributed by atoms with E-state index in [4.69, 9.17) is 9.47 Å². The molecule has 5 nitrogen and oxygen atoms in total. The zero-order valence-corrected chi connectivity index (χ0v) is 27.7. The van der Waals surface area contributed by atoms with Crippen molar-refractivity contribution in [3.8, 4) is 11.5 Å². The molecular formula is C34H51BrN2O3S. The van der Waals surface area contributed by atoms with E-state index in [1.54, 1.807) is 18.9 Å². The van der Waals surface area contributed by atoms with Gasteiger partial charge in [-0.3, -0.25) is 4.79 Å². The predicted octanol–water partition coefficient (Wildman–Crippen LogP) is 10.4. The zero-order valence-electron chi connectivity index (χ0n) is 25.2. The van der Waals surface area contributed by atoms with Crippen molar-refractivity contribution in [1.82, 2.24) is 4.90 Å². The van der Waals surface area contributed by atoms with Crippen molar-refractivity contribution in [2.75, 3.05) is 24.9 Å². The van der Waals surface area contributed by atoms with Gasteiger partial charge < -0.3 is 19.7 Å². The summed E-state index contributed by atoms with van der Waals surface area (Å²) in [6.45, 7) is 3.73. The van der Waals surface area contributed by atoms with Crippen molar-refractivity contribution in [3.63, 3.8) is 0 Å². The molecular weight excluding hydrogens is 596 g/mol. The fourth-order valence-electron chi connectivity index (χ4n) is 4.99. The van der Waals surface area contributed by atoms with Crippen LogP contribution in [0.3, 0.4) is 0 Å². The van der Waals surface area contributed by atoms with Crippen molar-refractivity contribution >= 4 is 40.3 Å². The van der Waals surface area contributed by atoms with Crippen LogP contribution in [-0.2, 0) is 6.54 Å². The van der Waals surface area contributed by atoms with Crippen LogP contribution in [0.25, 0.3) is 0 Å². The van der Waals surface area contributed by atoms with Crippen LogP contribution in [0.15, 0.2) is 54.1 Å². The Morgan fingerprint density at radius 1 is 0.854 bits per heavy atom. The minimum atomic E-state index is -0.155. The molecule has 0 unspecified atom stereocenters. The van der Waals surface area contributed by atoms with E-state index in [9.17, 15) is 4.79 Å². The number of carbonyl (C=O) groups is 1. The molecule has 1 amide bonds. The molecule has 0 aliphatic carbocycles. The second-order valence-corrected chi connectivity index (χ2v) is 11.6. The lowest BCUT2D eigenvalue weighted by atomic mass is 10.0. The maximum Gasteiger partial charge on any atom is 0.255 e. The number of para-hydroxylation sites is 1. The molecule has 41 heavy (non-hydrogen) atoms. The number of amides is 1. The van der Waals surface area contributed by atoms with Gasteiger partial charge in [-0.1, -0.05) is 109 Å². The van der Waals surface area contributed by atoms with Gasteiger partial charge in [-0.25, -0.2) is 0 Å². The van der Waals surface area contributed by atoms with Gasteiger partial charge in [0.2, 0.25) is 0 Å². The lowest BCUT2D eigenvalue weighted by Gasteiger charge is -2.16. The summed E-state index contributed by atoms with van der Waals surface area (Å²) in [6, 6.07) is 13.4. The molecule has 1 aliphatic heterocycles. The fraction of sp³-hybridized carbons (Fsp3) is 0.559. The second kappa shape index (κ2) is 21.6. The lowest BCUT2D eigenvalue weighted by molar-refractivity contribution is 0.102. The average molecular weight is 648 g/mol. The van der Waals surface area contributed by atoms with Gasteiger partial charge in [0.05, 0.1) is 25.3 Å². The van der Waals surface area contributed by atoms with E-state index < -0.39 is 0 Å². The van der Waals surface area contributed by atoms with E-state index in [2.05, 4.69) is 28.7 Å². The number of ether oxygens (including phenoxy) is 2. The highest BCUT2D eigenvalue weighted by atomic mass is 79.9. The number of hydrogen-bond acceptors (Lipinski definition) is 5. The van der Waals surface area contributed by atoms with Crippen LogP contribution < -0.4 is 14.8 Å². The minimum Gasteiger partial charge on any atom is -0.493 e. The quantitative estimate of drug-likeness (QED) is 0.137. The normalized spacial score (nSPS) is 12.3. The van der Waals surface area contributed by atoms with Crippen LogP contribution in [0.5, 0.6) is 11.5 Å². The van der Waals surface area contributed by atoms with Crippen molar-refractivity contribution in [1.29, 1.82) is 0 Å². The van der Waals surface area contributed by atoms with Gasteiger partial charge in [-0.2, -0.15) is 0 Å². The van der Waals surface area contributed by atoms with Gasteiger partial charge in [-0.05, 0) is 41.7 Å². The molecule has 228 valence electrons. The number of anilines is 1. The highest BCUT2D eigenvalue weighted by molar-refractivity contribution is 8.93. The molecule has 7 heteroatoms. The maximum atomic E-state index is 13.0. The van der Waals surface area contributed by atoms with E-state index in [1.807, 2.05) is 42.5 Å². The third-order valence-corrected chi connectivity index (χ3v) is 8.20. The van der Waals surface area contributed by atoms with Gasteiger partial charge in [-0.15, -0.1) is 28.7 Å². The van der Waals surface area contributed by atoms with E-state index in [0.717, 1.165) is 25.3 Å². The molecule has 1 aliphatic rings. The second-order valence-electron chi connectivity index (χ2n) is 10.8. The highest BCUT2D eigenvalue weighted by Crippen LogP contribution is 2.35. The molecule has 0 spiro atoms. The SMILES string of the molecule is Br.CCCCCCCCCCCCCCCCOc1c(NC(=O)c2ccc(CN3C=CSC3)cc2)cccc1OC. The van der Waals surface area contributed by atoms with Gasteiger partial charge in [0.1, 0.15) is 0 Å². The number of thioether (sulfide) groups is 1. The van der Waals surface area contributed by atoms with Crippen LogP contribution in [0, 0.1) is 0 Å². The highest BCUT2D eigenvalue weighted by Gasteiger charge is 2.15. The minimum absolute atomic E-state index is 0. The molecule has 0 fully saturated rings. The Morgan fingerprint density at radius 3 is 2.02 bits per heavy atom. The van der Waals surface area contributed by atoms with Crippen LogP contribution in [-0.4, -0.2) is 30.4 Å². The molecule has 1 heterocycles. The lowest BCUT2D eigenvalue weighted by Crippen LogP contribution is -2.15. The van der Waals surface area contributed by atoms with Crippen LogP contribution in [0.2, 0.25) is 0 Å². The molecule has 0 radical (unpaired) electrons. The molecule has 0 saturated carbocycles. The molecule has 2 aromatic rings. The Kier molecular flexibility index (Phi) is 18.4. The van der Waals surface area contributed by atoms with Crippen molar-refractivity contribution in [3.05, 3.63) is 65.2 Å². The number of methoxy groups -OCH3 is 1. The molecule has 0 aromatic heterocycles. The van der Waals surface area contributed by atoms with Crippen molar-refractivity contribution in [2.24, 2.45) is 0 Å². The van der Waals surface area contributed by atoms with Gasteiger partial charge in [0.15, 0.2) is 11.5 Å². The Bertz CT molecular complexity index is 1020. The largest absolute Gasteiger partial charge is 0.493 e. The summed E-state index contributed by atoms with van der Waals surface area (Å²) in [5.74, 6) is 2.05. The van der Waals surface area contributed by atoms with Crippen LogP contribution >= 0.6 is 28.7 Å². The Hall–Kier alpha value is -2.12. The molecule has 0 saturated heterocycles. The standard InChI is InChI=1S/C34H50N2O3S.BrH/c1-3-4-5-6-7-8-9-10-11-12-13-14-15-16-25-39-33-31(18-17-19-32(33)38-2)35-34(37)30-22-20-29(21-23-30)27-36-24-26-40-28-36;/h17-24,26H,3-16,25,27-28H2,1-2H3,(H,35,37);1H. The number of benzene rings is 2. The topological polar surface area (TPSA) is 50.8 Å². The predicted molar refractivity (Wildman–Crippen MR) is 181 cm³/mol.